The fraction of sp³-hybridized carbons (Fsp3) is 0.318. The van der Waals surface area contributed by atoms with E-state index in [0.29, 0.717) is 56.3 Å². The molecule has 8 heteroatoms. The number of nitrogens with one attached hydrogen (secondary N) is 1. The second kappa shape index (κ2) is 9.88. The number of rotatable bonds is 8. The molecule has 1 heterocycles. The third-order valence-electron chi connectivity index (χ3n) is 4.86. The van der Waals surface area contributed by atoms with Gasteiger partial charge in [0.1, 0.15) is 12.4 Å². The summed E-state index contributed by atoms with van der Waals surface area (Å²) in [5, 5.41) is 2.90. The minimum Gasteiger partial charge on any atom is -0.489 e. The molecule has 0 saturated carbocycles. The maximum Gasteiger partial charge on any atom is 0.255 e. The van der Waals surface area contributed by atoms with Crippen LogP contribution in [0.1, 0.15) is 15.9 Å². The van der Waals surface area contributed by atoms with E-state index in [-0.39, 0.29) is 5.91 Å². The van der Waals surface area contributed by atoms with Crippen LogP contribution in [-0.4, -0.2) is 62.6 Å². The molecule has 30 heavy (non-hydrogen) atoms. The van der Waals surface area contributed by atoms with Crippen LogP contribution in [0.25, 0.3) is 0 Å². The maximum absolute atomic E-state index is 12.7. The zero-order valence-corrected chi connectivity index (χ0v) is 17.9. The van der Waals surface area contributed by atoms with Crippen molar-refractivity contribution in [2.45, 2.75) is 6.54 Å². The lowest BCUT2D eigenvalue weighted by molar-refractivity contribution is 0.102. The molecule has 0 unspecified atom stereocenters. The molecular weight excluding hydrogens is 402 g/mol. The van der Waals surface area contributed by atoms with E-state index in [4.69, 9.17) is 4.74 Å². The van der Waals surface area contributed by atoms with Gasteiger partial charge >= 0.3 is 0 Å². The molecule has 2 aromatic carbocycles. The Morgan fingerprint density at radius 3 is 2.57 bits per heavy atom. The van der Waals surface area contributed by atoms with Crippen LogP contribution < -0.4 is 10.1 Å². The number of hydrogen-bond acceptors (Lipinski definition) is 5. The smallest absolute Gasteiger partial charge is 0.255 e. The first kappa shape index (κ1) is 22.0. The van der Waals surface area contributed by atoms with Crippen LogP contribution in [0.2, 0.25) is 0 Å². The summed E-state index contributed by atoms with van der Waals surface area (Å²) in [6, 6.07) is 14.7. The summed E-state index contributed by atoms with van der Waals surface area (Å²) in [5.41, 5.74) is 2.24. The molecule has 0 bridgehead atoms. The van der Waals surface area contributed by atoms with Crippen molar-refractivity contribution in [1.82, 2.24) is 9.21 Å². The zero-order chi connectivity index (χ0) is 21.6. The molecule has 1 aliphatic rings. The Labute approximate surface area is 178 Å². The number of benzene rings is 2. The van der Waals surface area contributed by atoms with Crippen LogP contribution >= 0.6 is 0 Å². The highest BCUT2D eigenvalue weighted by Crippen LogP contribution is 2.19. The van der Waals surface area contributed by atoms with Crippen LogP contribution in [0.15, 0.2) is 61.2 Å². The average molecular weight is 430 g/mol. The van der Waals surface area contributed by atoms with E-state index in [1.54, 1.807) is 18.2 Å². The Balaban J connectivity index is 1.60. The van der Waals surface area contributed by atoms with Gasteiger partial charge in [-0.3, -0.25) is 9.69 Å². The summed E-state index contributed by atoms with van der Waals surface area (Å²) >= 11 is 0. The van der Waals surface area contributed by atoms with Crippen molar-refractivity contribution in [3.8, 4) is 5.75 Å². The predicted molar refractivity (Wildman–Crippen MR) is 118 cm³/mol. The normalized spacial score (nSPS) is 15.5. The molecule has 3 rings (SSSR count). The van der Waals surface area contributed by atoms with Crippen LogP contribution in [0.3, 0.4) is 0 Å². The third kappa shape index (κ3) is 6.16. The van der Waals surface area contributed by atoms with Gasteiger partial charge in [0.2, 0.25) is 10.0 Å². The molecule has 7 nitrogen and oxygen atoms in total. The molecule has 0 aliphatic carbocycles. The summed E-state index contributed by atoms with van der Waals surface area (Å²) in [6.45, 7) is 7.01. The lowest BCUT2D eigenvalue weighted by Crippen LogP contribution is -2.47. The van der Waals surface area contributed by atoms with Gasteiger partial charge in [-0.05, 0) is 29.8 Å². The van der Waals surface area contributed by atoms with Crippen molar-refractivity contribution in [3.63, 3.8) is 0 Å². The van der Waals surface area contributed by atoms with Crippen molar-refractivity contribution in [3.05, 3.63) is 72.3 Å². The first-order valence-corrected chi connectivity index (χ1v) is 11.6. The first-order valence-electron chi connectivity index (χ1n) is 9.77. The number of sulfonamides is 1. The van der Waals surface area contributed by atoms with E-state index < -0.39 is 10.0 Å². The molecule has 1 N–H and O–H groups in total. The number of carbonyl (C=O) groups excluding carboxylic acids is 1. The van der Waals surface area contributed by atoms with Gasteiger partial charge in [0.05, 0.1) is 6.26 Å². The topological polar surface area (TPSA) is 79.0 Å². The Kier molecular flexibility index (Phi) is 7.25. The van der Waals surface area contributed by atoms with Crippen LogP contribution in [-0.2, 0) is 16.6 Å². The van der Waals surface area contributed by atoms with E-state index in [1.165, 1.54) is 10.6 Å². The van der Waals surface area contributed by atoms with E-state index in [2.05, 4.69) is 16.8 Å². The van der Waals surface area contributed by atoms with Crippen molar-refractivity contribution in [2.24, 2.45) is 0 Å². The summed E-state index contributed by atoms with van der Waals surface area (Å²) in [4.78, 5) is 14.9. The van der Waals surface area contributed by atoms with E-state index in [1.807, 2.05) is 36.4 Å². The average Bonchev–Trinajstić information content (AvgIpc) is 2.72. The number of anilines is 1. The Hall–Kier alpha value is -2.68. The van der Waals surface area contributed by atoms with Crippen molar-refractivity contribution in [1.29, 1.82) is 0 Å². The van der Waals surface area contributed by atoms with Gasteiger partial charge in [0.25, 0.3) is 5.91 Å². The summed E-state index contributed by atoms with van der Waals surface area (Å²) in [6.07, 6.45) is 2.91. The molecular formula is C22H27N3O4S. The molecule has 1 fully saturated rings. The Morgan fingerprint density at radius 2 is 1.87 bits per heavy atom. The standard InChI is InChI=1S/C22H27N3O4S/c1-3-14-29-21-9-5-8-20(16-21)23-22(26)19-7-4-6-18(15-19)17-24-10-12-25(13-11-24)30(2,27)28/h3-9,15-16H,1,10-14,17H2,2H3,(H,23,26). The number of piperazine rings is 1. The predicted octanol–water partition coefficient (Wildman–Crippen LogP) is 2.58. The lowest BCUT2D eigenvalue weighted by atomic mass is 10.1. The van der Waals surface area contributed by atoms with Crippen LogP contribution in [0.4, 0.5) is 5.69 Å². The molecule has 0 spiro atoms. The molecule has 0 aromatic heterocycles. The molecule has 1 saturated heterocycles. The lowest BCUT2D eigenvalue weighted by Gasteiger charge is -2.33. The fourth-order valence-corrected chi connectivity index (χ4v) is 4.14. The van der Waals surface area contributed by atoms with Crippen LogP contribution in [0, 0.1) is 0 Å². The maximum atomic E-state index is 12.7. The number of ether oxygens (including phenoxy) is 1. The quantitative estimate of drug-likeness (QED) is 0.653. The largest absolute Gasteiger partial charge is 0.489 e. The van der Waals surface area contributed by atoms with E-state index in [9.17, 15) is 13.2 Å². The highest BCUT2D eigenvalue weighted by molar-refractivity contribution is 7.88. The highest BCUT2D eigenvalue weighted by atomic mass is 32.2. The summed E-state index contributed by atoms with van der Waals surface area (Å²) in [5.74, 6) is 0.467. The third-order valence-corrected chi connectivity index (χ3v) is 6.16. The number of hydrogen-bond donors (Lipinski definition) is 1. The van der Waals surface area contributed by atoms with Gasteiger partial charge in [-0.25, -0.2) is 8.42 Å². The Bertz CT molecular complexity index is 999. The summed E-state index contributed by atoms with van der Waals surface area (Å²) in [7, 11) is -3.14. The van der Waals surface area contributed by atoms with E-state index >= 15 is 0 Å². The number of nitrogens with zero attached hydrogens (tertiary/aromatic N) is 2. The van der Waals surface area contributed by atoms with E-state index in [0.717, 1.165) is 5.56 Å². The Morgan fingerprint density at radius 1 is 1.13 bits per heavy atom. The van der Waals surface area contributed by atoms with Crippen molar-refractivity contribution < 1.29 is 17.9 Å². The molecule has 0 atom stereocenters. The van der Waals surface area contributed by atoms with Crippen molar-refractivity contribution >= 4 is 21.6 Å². The van der Waals surface area contributed by atoms with Gasteiger partial charge in [0, 0.05) is 50.0 Å². The first-order chi connectivity index (χ1) is 14.3. The van der Waals surface area contributed by atoms with Gasteiger partial charge in [0.15, 0.2) is 0 Å². The summed E-state index contributed by atoms with van der Waals surface area (Å²) < 4.78 is 30.3. The highest BCUT2D eigenvalue weighted by Gasteiger charge is 2.23. The molecule has 1 aliphatic heterocycles. The monoisotopic (exact) mass is 429 g/mol. The minimum atomic E-state index is -3.14. The van der Waals surface area contributed by atoms with Crippen molar-refractivity contribution in [2.75, 3.05) is 44.4 Å². The SMILES string of the molecule is C=CCOc1cccc(NC(=O)c2cccc(CN3CCN(S(C)(=O)=O)CC3)c2)c1. The molecule has 0 radical (unpaired) electrons. The molecule has 160 valence electrons. The molecule has 2 aromatic rings. The van der Waals surface area contributed by atoms with Gasteiger partial charge in [-0.15, -0.1) is 0 Å². The van der Waals surface area contributed by atoms with Gasteiger partial charge < -0.3 is 10.1 Å². The van der Waals surface area contributed by atoms with Crippen LogP contribution in [0.5, 0.6) is 5.75 Å². The van der Waals surface area contributed by atoms with Gasteiger partial charge in [-0.1, -0.05) is 30.9 Å². The fourth-order valence-electron chi connectivity index (χ4n) is 3.31. The number of carbonyl (C=O) groups is 1. The second-order valence-corrected chi connectivity index (χ2v) is 9.20. The molecule has 1 amide bonds. The minimum absolute atomic E-state index is 0.195. The van der Waals surface area contributed by atoms with Gasteiger partial charge in [-0.2, -0.15) is 4.31 Å². The number of amides is 1. The zero-order valence-electron chi connectivity index (χ0n) is 17.1. The second-order valence-electron chi connectivity index (χ2n) is 7.22.